The predicted octanol–water partition coefficient (Wildman–Crippen LogP) is 5.18. The van der Waals surface area contributed by atoms with Crippen LogP contribution in [-0.4, -0.2) is 38.3 Å². The van der Waals surface area contributed by atoms with Crippen LogP contribution in [-0.2, 0) is 11.2 Å². The summed E-state index contributed by atoms with van der Waals surface area (Å²) in [5.74, 6) is 0.812. The lowest BCUT2D eigenvalue weighted by atomic mass is 9.92. The Labute approximate surface area is 189 Å². The number of nitrogens with zero attached hydrogens (tertiary/aromatic N) is 2. The molecule has 0 unspecified atom stereocenters. The molecule has 2 aromatic carbocycles. The maximum absolute atomic E-state index is 12.0. The third-order valence-electron chi connectivity index (χ3n) is 6.05. The van der Waals surface area contributed by atoms with Gasteiger partial charge in [0.2, 0.25) is 0 Å². The SMILES string of the molecule is CCc1ccc(N(C)c2ccc3c(c2)OCC[C@H]3CNc2cnccc2C(=O)OC)cc1. The first-order valence-electron chi connectivity index (χ1n) is 11.0. The second-order valence-corrected chi connectivity index (χ2v) is 7.93. The van der Waals surface area contributed by atoms with Gasteiger partial charge in [0.1, 0.15) is 5.75 Å². The Balaban J connectivity index is 1.50. The third kappa shape index (κ3) is 4.54. The highest BCUT2D eigenvalue weighted by atomic mass is 16.5. The smallest absolute Gasteiger partial charge is 0.340 e. The first-order chi connectivity index (χ1) is 15.6. The van der Waals surface area contributed by atoms with E-state index in [1.165, 1.54) is 18.2 Å². The Kier molecular flexibility index (Phi) is 6.59. The minimum atomic E-state index is -0.373. The van der Waals surface area contributed by atoms with Crippen LogP contribution in [0.1, 0.15) is 40.7 Å². The van der Waals surface area contributed by atoms with E-state index in [4.69, 9.17) is 9.47 Å². The van der Waals surface area contributed by atoms with Gasteiger partial charge in [-0.15, -0.1) is 0 Å². The molecule has 0 radical (unpaired) electrons. The molecular formula is C26H29N3O3. The number of nitrogens with one attached hydrogen (secondary N) is 1. The van der Waals surface area contributed by atoms with Gasteiger partial charge < -0.3 is 19.7 Å². The van der Waals surface area contributed by atoms with E-state index in [1.807, 2.05) is 0 Å². The van der Waals surface area contributed by atoms with Crippen LogP contribution in [0.15, 0.2) is 60.9 Å². The molecule has 0 saturated heterocycles. The first-order valence-corrected chi connectivity index (χ1v) is 11.0. The molecular weight excluding hydrogens is 402 g/mol. The number of aromatic nitrogens is 1. The Hall–Kier alpha value is -3.54. The maximum Gasteiger partial charge on any atom is 0.340 e. The van der Waals surface area contributed by atoms with Gasteiger partial charge in [-0.25, -0.2) is 4.79 Å². The van der Waals surface area contributed by atoms with Gasteiger partial charge in [0.25, 0.3) is 0 Å². The van der Waals surface area contributed by atoms with Crippen molar-refractivity contribution in [1.29, 1.82) is 0 Å². The number of fused-ring (bicyclic) bond motifs is 1. The molecule has 1 aromatic heterocycles. The van der Waals surface area contributed by atoms with Gasteiger partial charge in [0, 0.05) is 43.1 Å². The fraction of sp³-hybridized carbons (Fsp3) is 0.308. The van der Waals surface area contributed by atoms with Gasteiger partial charge in [-0.05, 0) is 48.2 Å². The second kappa shape index (κ2) is 9.73. The minimum Gasteiger partial charge on any atom is -0.493 e. The summed E-state index contributed by atoms with van der Waals surface area (Å²) in [4.78, 5) is 18.3. The number of aryl methyl sites for hydroxylation is 1. The second-order valence-electron chi connectivity index (χ2n) is 7.93. The summed E-state index contributed by atoms with van der Waals surface area (Å²) < 4.78 is 10.9. The van der Waals surface area contributed by atoms with E-state index >= 15 is 0 Å². The lowest BCUT2D eigenvalue weighted by molar-refractivity contribution is 0.0601. The standard InChI is InChI=1S/C26H29N3O3/c1-4-18-5-7-20(8-6-18)29(2)21-9-10-22-19(12-14-32-25(22)15-21)16-28-24-17-27-13-11-23(24)26(30)31-3/h5-11,13,15,17,19,28H,4,12,14,16H2,1-3H3/t19-/m0/s1. The number of hydrogen-bond donors (Lipinski definition) is 1. The van der Waals surface area contributed by atoms with Crippen LogP contribution >= 0.6 is 0 Å². The highest BCUT2D eigenvalue weighted by molar-refractivity contribution is 5.95. The Morgan fingerprint density at radius 1 is 1.19 bits per heavy atom. The average Bonchev–Trinajstić information content (AvgIpc) is 2.86. The highest BCUT2D eigenvalue weighted by Gasteiger charge is 2.23. The zero-order valence-electron chi connectivity index (χ0n) is 18.8. The Bertz CT molecular complexity index is 1080. The number of ether oxygens (including phenoxy) is 2. The summed E-state index contributed by atoms with van der Waals surface area (Å²) >= 11 is 0. The molecule has 6 heteroatoms. The van der Waals surface area contributed by atoms with Crippen LogP contribution in [0.3, 0.4) is 0 Å². The van der Waals surface area contributed by atoms with Crippen LogP contribution in [0.2, 0.25) is 0 Å². The van der Waals surface area contributed by atoms with Crippen LogP contribution in [0.25, 0.3) is 0 Å². The monoisotopic (exact) mass is 431 g/mol. The van der Waals surface area contributed by atoms with Crippen molar-refractivity contribution in [3.8, 4) is 5.75 Å². The molecule has 3 aromatic rings. The van der Waals surface area contributed by atoms with Crippen LogP contribution in [0, 0.1) is 0 Å². The average molecular weight is 432 g/mol. The number of carbonyl (C=O) groups excluding carboxylic acids is 1. The van der Waals surface area contributed by atoms with Gasteiger partial charge in [-0.1, -0.05) is 25.1 Å². The minimum absolute atomic E-state index is 0.271. The molecule has 0 bridgehead atoms. The molecule has 1 atom stereocenters. The highest BCUT2D eigenvalue weighted by Crippen LogP contribution is 2.38. The summed E-state index contributed by atoms with van der Waals surface area (Å²) in [5.41, 5.74) is 5.89. The zero-order valence-corrected chi connectivity index (χ0v) is 18.8. The molecule has 0 amide bonds. The number of hydrogen-bond acceptors (Lipinski definition) is 6. The van der Waals surface area contributed by atoms with E-state index in [1.54, 1.807) is 18.5 Å². The largest absolute Gasteiger partial charge is 0.493 e. The zero-order chi connectivity index (χ0) is 22.5. The summed E-state index contributed by atoms with van der Waals surface area (Å²) in [5, 5.41) is 3.38. The van der Waals surface area contributed by atoms with Gasteiger partial charge in [-0.3, -0.25) is 4.98 Å². The molecule has 4 rings (SSSR count). The molecule has 166 valence electrons. The maximum atomic E-state index is 12.0. The number of esters is 1. The molecule has 0 spiro atoms. The number of carbonyl (C=O) groups is 1. The Morgan fingerprint density at radius 3 is 2.72 bits per heavy atom. The van der Waals surface area contributed by atoms with Gasteiger partial charge in [0.15, 0.2) is 0 Å². The number of rotatable bonds is 7. The predicted molar refractivity (Wildman–Crippen MR) is 127 cm³/mol. The topological polar surface area (TPSA) is 63.7 Å². The van der Waals surface area contributed by atoms with Gasteiger partial charge in [0.05, 0.1) is 31.2 Å². The van der Waals surface area contributed by atoms with Crippen molar-refractivity contribution in [2.45, 2.75) is 25.7 Å². The van der Waals surface area contributed by atoms with Crippen LogP contribution in [0.5, 0.6) is 5.75 Å². The summed E-state index contributed by atoms with van der Waals surface area (Å²) in [6.07, 6.45) is 5.19. The van der Waals surface area contributed by atoms with Crippen molar-refractivity contribution >= 4 is 23.0 Å². The fourth-order valence-electron chi connectivity index (χ4n) is 4.03. The van der Waals surface area contributed by atoms with Crippen molar-refractivity contribution in [2.75, 3.05) is 37.5 Å². The summed E-state index contributed by atoms with van der Waals surface area (Å²) in [6.45, 7) is 3.50. The van der Waals surface area contributed by atoms with Gasteiger partial charge >= 0.3 is 5.97 Å². The first kappa shape index (κ1) is 21.7. The van der Waals surface area contributed by atoms with E-state index in [2.05, 4.69) is 71.6 Å². The summed E-state index contributed by atoms with van der Waals surface area (Å²) in [6, 6.07) is 16.7. The van der Waals surface area contributed by atoms with E-state index in [9.17, 15) is 4.79 Å². The van der Waals surface area contributed by atoms with Crippen LogP contribution in [0.4, 0.5) is 17.1 Å². The number of benzene rings is 2. The molecule has 0 fully saturated rings. The van der Waals surface area contributed by atoms with E-state index in [0.29, 0.717) is 24.4 Å². The third-order valence-corrected chi connectivity index (χ3v) is 6.05. The summed E-state index contributed by atoms with van der Waals surface area (Å²) in [7, 11) is 3.45. The van der Waals surface area contributed by atoms with E-state index in [0.717, 1.165) is 30.0 Å². The Morgan fingerprint density at radius 2 is 1.97 bits per heavy atom. The van der Waals surface area contributed by atoms with Crippen molar-refractivity contribution in [3.63, 3.8) is 0 Å². The van der Waals surface area contributed by atoms with Crippen molar-refractivity contribution in [2.24, 2.45) is 0 Å². The van der Waals surface area contributed by atoms with Crippen molar-refractivity contribution in [3.05, 3.63) is 77.6 Å². The fourth-order valence-corrected chi connectivity index (χ4v) is 4.03. The van der Waals surface area contributed by atoms with Gasteiger partial charge in [-0.2, -0.15) is 0 Å². The molecule has 0 aliphatic carbocycles. The molecule has 2 heterocycles. The number of anilines is 3. The lowest BCUT2D eigenvalue weighted by Crippen LogP contribution is -2.22. The quantitative estimate of drug-likeness (QED) is 0.520. The molecule has 1 aliphatic heterocycles. The van der Waals surface area contributed by atoms with Crippen molar-refractivity contribution < 1.29 is 14.3 Å². The van der Waals surface area contributed by atoms with E-state index in [-0.39, 0.29) is 11.9 Å². The van der Waals surface area contributed by atoms with E-state index < -0.39 is 0 Å². The molecule has 32 heavy (non-hydrogen) atoms. The number of methoxy groups -OCH3 is 1. The molecule has 0 saturated carbocycles. The lowest BCUT2D eigenvalue weighted by Gasteiger charge is -2.28. The molecule has 6 nitrogen and oxygen atoms in total. The number of pyridine rings is 1. The van der Waals surface area contributed by atoms with Crippen LogP contribution < -0.4 is 15.0 Å². The van der Waals surface area contributed by atoms with Crippen molar-refractivity contribution in [1.82, 2.24) is 4.98 Å². The molecule has 1 aliphatic rings. The molecule has 1 N–H and O–H groups in total. The normalized spacial score (nSPS) is 14.8.